The molecule has 0 saturated heterocycles. The number of benzene rings is 1. The summed E-state index contributed by atoms with van der Waals surface area (Å²) in [7, 11) is 0. The summed E-state index contributed by atoms with van der Waals surface area (Å²) in [5.74, 6) is -0.0495. The maximum atomic E-state index is 10.9. The van der Waals surface area contributed by atoms with Gasteiger partial charge in [-0.1, -0.05) is 23.7 Å². The minimum absolute atomic E-state index is 0.00806. The Morgan fingerprint density at radius 3 is 2.84 bits per heavy atom. The van der Waals surface area contributed by atoms with E-state index in [9.17, 15) is 10.1 Å². The number of hydrogen-bond donors (Lipinski definition) is 2. The van der Waals surface area contributed by atoms with Crippen LogP contribution >= 0.6 is 11.6 Å². The lowest BCUT2D eigenvalue weighted by Crippen LogP contribution is -2.05. The van der Waals surface area contributed by atoms with E-state index in [0.717, 1.165) is 11.8 Å². The quantitative estimate of drug-likeness (QED) is 0.661. The smallest absolute Gasteiger partial charge is 0.329 e. The molecule has 2 rings (SSSR count). The fourth-order valence-electron chi connectivity index (χ4n) is 1.52. The average Bonchev–Trinajstić information content (AvgIpc) is 2.33. The van der Waals surface area contributed by atoms with Crippen LogP contribution in [-0.4, -0.2) is 14.9 Å². The lowest BCUT2D eigenvalue weighted by Gasteiger charge is -2.10. The van der Waals surface area contributed by atoms with E-state index in [2.05, 4.69) is 15.3 Å². The Labute approximate surface area is 113 Å². The number of nitrogens with zero attached hydrogens (tertiary/aromatic N) is 3. The summed E-state index contributed by atoms with van der Waals surface area (Å²) in [6.45, 7) is 1.82. The molecule has 2 aromatic rings. The molecule has 7 nitrogen and oxygen atoms in total. The molecule has 0 saturated carbocycles. The Balaban J connectivity index is 2.49. The predicted octanol–water partition coefficient (Wildman–Crippen LogP) is 2.67. The Morgan fingerprint density at radius 2 is 2.21 bits per heavy atom. The van der Waals surface area contributed by atoms with Crippen LogP contribution in [0.5, 0.6) is 0 Å². The molecule has 0 aliphatic heterocycles. The predicted molar refractivity (Wildman–Crippen MR) is 72.6 cm³/mol. The third-order valence-electron chi connectivity index (χ3n) is 2.45. The summed E-state index contributed by atoms with van der Waals surface area (Å²) in [5.41, 5.74) is 6.55. The van der Waals surface area contributed by atoms with E-state index in [1.807, 2.05) is 13.0 Å². The van der Waals surface area contributed by atoms with Crippen LogP contribution in [0.25, 0.3) is 0 Å². The number of nitro groups is 1. The van der Waals surface area contributed by atoms with Crippen molar-refractivity contribution in [1.82, 2.24) is 9.97 Å². The van der Waals surface area contributed by atoms with Gasteiger partial charge in [0.05, 0.1) is 15.6 Å². The molecule has 0 aliphatic carbocycles. The van der Waals surface area contributed by atoms with Gasteiger partial charge in [-0.2, -0.15) is 4.98 Å². The molecule has 3 N–H and O–H groups in total. The molecule has 0 unspecified atom stereocenters. The van der Waals surface area contributed by atoms with Crippen molar-refractivity contribution < 1.29 is 4.92 Å². The largest absolute Gasteiger partial charge is 0.368 e. The Bertz CT molecular complexity index is 627. The molecule has 0 bridgehead atoms. The molecular weight excluding hydrogens is 270 g/mol. The third-order valence-corrected chi connectivity index (χ3v) is 2.77. The number of anilines is 3. The second-order valence-corrected chi connectivity index (χ2v) is 4.18. The lowest BCUT2D eigenvalue weighted by atomic mass is 10.2. The summed E-state index contributed by atoms with van der Waals surface area (Å²) >= 11 is 6.04. The van der Waals surface area contributed by atoms with Gasteiger partial charge in [0.2, 0.25) is 11.8 Å². The number of rotatable bonds is 3. The second kappa shape index (κ2) is 5.07. The van der Waals surface area contributed by atoms with Gasteiger partial charge in [0, 0.05) is 0 Å². The van der Waals surface area contributed by atoms with E-state index in [1.54, 1.807) is 12.1 Å². The number of aromatic nitrogens is 2. The van der Waals surface area contributed by atoms with Crippen LogP contribution in [0.2, 0.25) is 5.02 Å². The molecule has 8 heteroatoms. The third kappa shape index (κ3) is 2.71. The molecule has 1 heterocycles. The molecule has 1 aromatic heterocycles. The highest BCUT2D eigenvalue weighted by Crippen LogP contribution is 2.31. The van der Waals surface area contributed by atoms with Crippen LogP contribution in [0, 0.1) is 17.0 Å². The molecule has 0 radical (unpaired) electrons. The van der Waals surface area contributed by atoms with Crippen LogP contribution in [0.15, 0.2) is 24.4 Å². The van der Waals surface area contributed by atoms with Crippen molar-refractivity contribution in [2.75, 3.05) is 11.1 Å². The van der Waals surface area contributed by atoms with Gasteiger partial charge in [0.15, 0.2) is 0 Å². The van der Waals surface area contributed by atoms with Crippen LogP contribution in [-0.2, 0) is 0 Å². The average molecular weight is 280 g/mol. The first-order valence-electron chi connectivity index (χ1n) is 5.28. The zero-order chi connectivity index (χ0) is 14.0. The van der Waals surface area contributed by atoms with Crippen LogP contribution < -0.4 is 11.1 Å². The van der Waals surface area contributed by atoms with Crippen molar-refractivity contribution in [1.29, 1.82) is 0 Å². The summed E-state index contributed by atoms with van der Waals surface area (Å²) in [6.07, 6.45) is 1.05. The minimum atomic E-state index is -0.589. The maximum Gasteiger partial charge on any atom is 0.329 e. The monoisotopic (exact) mass is 279 g/mol. The number of hydrogen-bond acceptors (Lipinski definition) is 6. The Hall–Kier alpha value is -2.41. The number of para-hydroxylation sites is 1. The van der Waals surface area contributed by atoms with Crippen molar-refractivity contribution >= 4 is 34.7 Å². The normalized spacial score (nSPS) is 10.2. The van der Waals surface area contributed by atoms with Crippen molar-refractivity contribution in [2.45, 2.75) is 6.92 Å². The van der Waals surface area contributed by atoms with Crippen molar-refractivity contribution in [3.63, 3.8) is 0 Å². The first kappa shape index (κ1) is 13.0. The molecule has 0 amide bonds. The van der Waals surface area contributed by atoms with Crippen LogP contribution in [0.3, 0.4) is 0 Å². The molecule has 0 spiro atoms. The summed E-state index contributed by atoms with van der Waals surface area (Å²) < 4.78 is 0. The summed E-state index contributed by atoms with van der Waals surface area (Å²) in [6, 6.07) is 5.28. The molecule has 98 valence electrons. The molecular formula is C11H10ClN5O2. The minimum Gasteiger partial charge on any atom is -0.368 e. The highest BCUT2D eigenvalue weighted by Gasteiger charge is 2.18. The van der Waals surface area contributed by atoms with E-state index >= 15 is 0 Å². The number of nitrogens with one attached hydrogen (secondary N) is 1. The van der Waals surface area contributed by atoms with Crippen LogP contribution in [0.1, 0.15) is 5.56 Å². The van der Waals surface area contributed by atoms with Gasteiger partial charge in [-0.25, -0.2) is 4.98 Å². The molecule has 19 heavy (non-hydrogen) atoms. The van der Waals surface area contributed by atoms with E-state index < -0.39 is 4.92 Å². The van der Waals surface area contributed by atoms with Gasteiger partial charge in [-0.05, 0) is 18.6 Å². The van der Waals surface area contributed by atoms with Gasteiger partial charge in [-0.15, -0.1) is 0 Å². The number of nitrogens with two attached hydrogens (primary N) is 1. The van der Waals surface area contributed by atoms with E-state index in [1.165, 1.54) is 0 Å². The van der Waals surface area contributed by atoms with E-state index in [-0.39, 0.29) is 17.5 Å². The number of nitrogen functional groups attached to an aromatic ring is 1. The molecule has 0 aliphatic rings. The maximum absolute atomic E-state index is 10.9. The molecule has 1 aromatic carbocycles. The zero-order valence-corrected chi connectivity index (χ0v) is 10.7. The lowest BCUT2D eigenvalue weighted by molar-refractivity contribution is -0.384. The second-order valence-electron chi connectivity index (χ2n) is 3.78. The topological polar surface area (TPSA) is 107 Å². The zero-order valence-electron chi connectivity index (χ0n) is 9.92. The first-order chi connectivity index (χ1) is 8.99. The summed E-state index contributed by atoms with van der Waals surface area (Å²) in [5, 5.41) is 14.2. The van der Waals surface area contributed by atoms with Crippen molar-refractivity contribution in [3.05, 3.63) is 45.1 Å². The van der Waals surface area contributed by atoms with E-state index in [4.69, 9.17) is 17.3 Å². The summed E-state index contributed by atoms with van der Waals surface area (Å²) in [4.78, 5) is 17.7. The van der Waals surface area contributed by atoms with Gasteiger partial charge in [0.1, 0.15) is 6.20 Å². The van der Waals surface area contributed by atoms with Gasteiger partial charge >= 0.3 is 5.69 Å². The fraction of sp³-hybridized carbons (Fsp3) is 0.0909. The molecule has 0 atom stereocenters. The van der Waals surface area contributed by atoms with Crippen LogP contribution in [0.4, 0.5) is 23.1 Å². The van der Waals surface area contributed by atoms with Crippen molar-refractivity contribution in [3.8, 4) is 0 Å². The SMILES string of the molecule is Cc1cccc(Cl)c1Nc1nc(N)ncc1[N+](=O)[O-]. The highest BCUT2D eigenvalue weighted by atomic mass is 35.5. The van der Waals surface area contributed by atoms with Crippen molar-refractivity contribution in [2.24, 2.45) is 0 Å². The number of halogens is 1. The first-order valence-corrected chi connectivity index (χ1v) is 5.66. The highest BCUT2D eigenvalue weighted by molar-refractivity contribution is 6.33. The number of aryl methyl sites for hydroxylation is 1. The van der Waals surface area contributed by atoms with Gasteiger partial charge < -0.3 is 11.1 Å². The van der Waals surface area contributed by atoms with Gasteiger partial charge in [-0.3, -0.25) is 10.1 Å². The Kier molecular flexibility index (Phi) is 3.48. The molecule has 0 fully saturated rings. The fourth-order valence-corrected chi connectivity index (χ4v) is 1.79. The Morgan fingerprint density at radius 1 is 1.47 bits per heavy atom. The van der Waals surface area contributed by atoms with Gasteiger partial charge in [0.25, 0.3) is 0 Å². The van der Waals surface area contributed by atoms with E-state index in [0.29, 0.717) is 10.7 Å². The standard InChI is InChI=1S/C11H10ClN5O2/c1-6-3-2-4-7(12)9(6)15-10-8(17(18)19)5-14-11(13)16-10/h2-5H,1H3,(H3,13,14,15,16).